The Kier molecular flexibility index (Phi) is 3.96. The van der Waals surface area contributed by atoms with Gasteiger partial charge in [-0.3, -0.25) is 14.7 Å². The molecule has 1 aromatic rings. The van der Waals surface area contributed by atoms with E-state index < -0.39 is 5.97 Å². The summed E-state index contributed by atoms with van der Waals surface area (Å²) < 4.78 is 0. The van der Waals surface area contributed by atoms with Crippen molar-refractivity contribution >= 4 is 11.9 Å². The van der Waals surface area contributed by atoms with Gasteiger partial charge in [-0.2, -0.15) is 5.10 Å². The summed E-state index contributed by atoms with van der Waals surface area (Å²) in [5.74, 6) is -1.26. The average molecular weight is 251 g/mol. The molecule has 0 radical (unpaired) electrons. The first-order chi connectivity index (χ1) is 8.68. The minimum Gasteiger partial charge on any atom is -0.481 e. The van der Waals surface area contributed by atoms with Gasteiger partial charge >= 0.3 is 5.97 Å². The maximum absolute atomic E-state index is 11.7. The lowest BCUT2D eigenvalue weighted by Gasteiger charge is -2.28. The van der Waals surface area contributed by atoms with Crippen molar-refractivity contribution < 1.29 is 14.7 Å². The van der Waals surface area contributed by atoms with E-state index in [1.54, 1.807) is 0 Å². The number of carbonyl (C=O) groups is 2. The number of hydrogen-bond acceptors (Lipinski definition) is 3. The van der Waals surface area contributed by atoms with Gasteiger partial charge in [-0.1, -0.05) is 12.8 Å². The highest BCUT2D eigenvalue weighted by atomic mass is 16.4. The summed E-state index contributed by atoms with van der Waals surface area (Å²) in [5, 5.41) is 18.2. The molecule has 6 heteroatoms. The van der Waals surface area contributed by atoms with Gasteiger partial charge in [0.15, 0.2) is 0 Å². The van der Waals surface area contributed by atoms with Gasteiger partial charge in [-0.25, -0.2) is 0 Å². The lowest BCUT2D eigenvalue weighted by molar-refractivity contribution is -0.144. The minimum absolute atomic E-state index is 0.0344. The number of carboxylic acids is 1. The van der Waals surface area contributed by atoms with Crippen LogP contribution in [0, 0.1) is 11.8 Å². The first-order valence-electron chi connectivity index (χ1n) is 6.18. The van der Waals surface area contributed by atoms with Crippen LogP contribution in [0.15, 0.2) is 12.4 Å². The second-order valence-corrected chi connectivity index (χ2v) is 4.69. The molecule has 0 spiro atoms. The first kappa shape index (κ1) is 12.6. The molecule has 6 nitrogen and oxygen atoms in total. The van der Waals surface area contributed by atoms with Gasteiger partial charge < -0.3 is 10.4 Å². The molecule has 3 N–H and O–H groups in total. The number of amides is 1. The van der Waals surface area contributed by atoms with Crippen LogP contribution in [0.5, 0.6) is 0 Å². The second kappa shape index (κ2) is 5.66. The summed E-state index contributed by atoms with van der Waals surface area (Å²) in [7, 11) is 0. The van der Waals surface area contributed by atoms with Crippen LogP contribution in [0.25, 0.3) is 0 Å². The lowest BCUT2D eigenvalue weighted by atomic mass is 9.79. The molecule has 1 heterocycles. The summed E-state index contributed by atoms with van der Waals surface area (Å²) in [6.45, 7) is 0.418. The number of aliphatic carboxylic acids is 1. The molecule has 1 amide bonds. The van der Waals surface area contributed by atoms with Crippen molar-refractivity contribution in [1.29, 1.82) is 0 Å². The smallest absolute Gasteiger partial charge is 0.306 e. The Balaban J connectivity index is 1.88. The Hall–Kier alpha value is -1.85. The Morgan fingerprint density at radius 1 is 1.44 bits per heavy atom. The predicted molar refractivity (Wildman–Crippen MR) is 64.0 cm³/mol. The summed E-state index contributed by atoms with van der Waals surface area (Å²) in [6.07, 6.45) is 6.54. The number of carboxylic acid groups (broad SMARTS) is 1. The molecule has 0 aromatic carbocycles. The van der Waals surface area contributed by atoms with Gasteiger partial charge in [-0.15, -0.1) is 0 Å². The molecule has 0 aliphatic heterocycles. The molecule has 1 aromatic heterocycles. The van der Waals surface area contributed by atoms with E-state index in [2.05, 4.69) is 15.5 Å². The third-order valence-electron chi connectivity index (χ3n) is 3.51. The van der Waals surface area contributed by atoms with E-state index >= 15 is 0 Å². The fraction of sp³-hybridized carbons (Fsp3) is 0.583. The zero-order valence-corrected chi connectivity index (χ0v) is 10.1. The topological polar surface area (TPSA) is 95.1 Å². The van der Waals surface area contributed by atoms with E-state index in [0.717, 1.165) is 19.3 Å². The Morgan fingerprint density at radius 2 is 2.22 bits per heavy atom. The highest BCUT2D eigenvalue weighted by molar-refractivity contribution is 5.93. The van der Waals surface area contributed by atoms with Crippen molar-refractivity contribution in [2.24, 2.45) is 11.8 Å². The van der Waals surface area contributed by atoms with Crippen LogP contribution in [0.4, 0.5) is 0 Å². The third-order valence-corrected chi connectivity index (χ3v) is 3.51. The molecule has 2 unspecified atom stereocenters. The van der Waals surface area contributed by atoms with Crippen LogP contribution in [0.1, 0.15) is 36.0 Å². The standard InChI is InChI=1S/C12H17N3O3/c16-11(9-6-14-15-7-9)13-5-8-3-1-2-4-10(8)12(17)18/h6-8,10H,1-5H2,(H,13,16)(H,14,15)(H,17,18). The maximum Gasteiger partial charge on any atom is 0.306 e. The molecule has 2 rings (SSSR count). The average Bonchev–Trinajstić information content (AvgIpc) is 2.90. The summed E-state index contributed by atoms with van der Waals surface area (Å²) in [6, 6.07) is 0. The van der Waals surface area contributed by atoms with Crippen molar-refractivity contribution in [3.63, 3.8) is 0 Å². The summed E-state index contributed by atoms with van der Waals surface area (Å²) in [5.41, 5.74) is 0.470. The van der Waals surface area contributed by atoms with Crippen LogP contribution in [-0.2, 0) is 4.79 Å². The van der Waals surface area contributed by atoms with E-state index in [0.29, 0.717) is 18.5 Å². The fourth-order valence-electron chi connectivity index (χ4n) is 2.48. The maximum atomic E-state index is 11.7. The van der Waals surface area contributed by atoms with Crippen molar-refractivity contribution in [2.75, 3.05) is 6.54 Å². The zero-order valence-electron chi connectivity index (χ0n) is 10.1. The molecule has 1 aliphatic carbocycles. The van der Waals surface area contributed by atoms with Gasteiger partial charge in [-0.05, 0) is 18.8 Å². The zero-order chi connectivity index (χ0) is 13.0. The van der Waals surface area contributed by atoms with E-state index in [9.17, 15) is 9.59 Å². The van der Waals surface area contributed by atoms with Gasteiger partial charge in [0, 0.05) is 12.7 Å². The highest BCUT2D eigenvalue weighted by Crippen LogP contribution is 2.29. The van der Waals surface area contributed by atoms with Crippen LogP contribution >= 0.6 is 0 Å². The molecular formula is C12H17N3O3. The third kappa shape index (κ3) is 2.88. The SMILES string of the molecule is O=C(NCC1CCCCC1C(=O)O)c1cn[nH]c1. The number of nitrogens with zero attached hydrogens (tertiary/aromatic N) is 1. The van der Waals surface area contributed by atoms with E-state index in [1.165, 1.54) is 12.4 Å². The first-order valence-corrected chi connectivity index (χ1v) is 6.18. The number of H-pyrrole nitrogens is 1. The quantitative estimate of drug-likeness (QED) is 0.744. The molecule has 1 aliphatic rings. The highest BCUT2D eigenvalue weighted by Gasteiger charge is 2.30. The van der Waals surface area contributed by atoms with Crippen molar-refractivity contribution in [3.05, 3.63) is 18.0 Å². The van der Waals surface area contributed by atoms with Crippen molar-refractivity contribution in [1.82, 2.24) is 15.5 Å². The largest absolute Gasteiger partial charge is 0.481 e. The van der Waals surface area contributed by atoms with Gasteiger partial charge in [0.1, 0.15) is 0 Å². The van der Waals surface area contributed by atoms with E-state index in [-0.39, 0.29) is 17.7 Å². The predicted octanol–water partition coefficient (Wildman–Crippen LogP) is 1.03. The number of carbonyl (C=O) groups excluding carboxylic acids is 1. The molecule has 1 fully saturated rings. The lowest BCUT2D eigenvalue weighted by Crippen LogP contribution is -2.37. The monoisotopic (exact) mass is 251 g/mol. The summed E-state index contributed by atoms with van der Waals surface area (Å²) in [4.78, 5) is 22.8. The van der Waals surface area contributed by atoms with Gasteiger partial charge in [0.05, 0.1) is 17.7 Å². The number of hydrogen-bond donors (Lipinski definition) is 3. The molecule has 98 valence electrons. The Bertz CT molecular complexity index is 416. The van der Waals surface area contributed by atoms with Crippen LogP contribution in [-0.4, -0.2) is 33.7 Å². The summed E-state index contributed by atoms with van der Waals surface area (Å²) >= 11 is 0. The van der Waals surface area contributed by atoms with Crippen LogP contribution in [0.2, 0.25) is 0 Å². The molecule has 0 bridgehead atoms. The normalized spacial score (nSPS) is 23.6. The van der Waals surface area contributed by atoms with E-state index in [4.69, 9.17) is 5.11 Å². The number of rotatable bonds is 4. The number of aromatic nitrogens is 2. The molecular weight excluding hydrogens is 234 g/mol. The minimum atomic E-state index is -0.753. The number of aromatic amines is 1. The van der Waals surface area contributed by atoms with Crippen LogP contribution < -0.4 is 5.32 Å². The van der Waals surface area contributed by atoms with Gasteiger partial charge in [0.25, 0.3) is 5.91 Å². The van der Waals surface area contributed by atoms with Crippen molar-refractivity contribution in [2.45, 2.75) is 25.7 Å². The fourth-order valence-corrected chi connectivity index (χ4v) is 2.48. The Morgan fingerprint density at radius 3 is 2.89 bits per heavy atom. The molecule has 2 atom stereocenters. The van der Waals surface area contributed by atoms with Crippen molar-refractivity contribution in [3.8, 4) is 0 Å². The second-order valence-electron chi connectivity index (χ2n) is 4.69. The molecule has 1 saturated carbocycles. The van der Waals surface area contributed by atoms with Gasteiger partial charge in [0.2, 0.25) is 0 Å². The Labute approximate surface area is 105 Å². The number of nitrogens with one attached hydrogen (secondary N) is 2. The molecule has 18 heavy (non-hydrogen) atoms. The van der Waals surface area contributed by atoms with E-state index in [1.807, 2.05) is 0 Å². The molecule has 0 saturated heterocycles. The van der Waals surface area contributed by atoms with Crippen LogP contribution in [0.3, 0.4) is 0 Å².